The summed E-state index contributed by atoms with van der Waals surface area (Å²) < 4.78 is 15.0. The third-order valence-corrected chi connectivity index (χ3v) is 7.63. The molecule has 214 valence electrons. The molecule has 8 nitrogen and oxygen atoms in total. The summed E-state index contributed by atoms with van der Waals surface area (Å²) in [5.41, 5.74) is 5.19. The normalized spacial score (nSPS) is 11.9. The van der Waals surface area contributed by atoms with E-state index < -0.39 is 0 Å². The Morgan fingerprint density at radius 3 is 2.51 bits per heavy atom. The molecule has 6 rings (SSSR count). The van der Waals surface area contributed by atoms with E-state index in [0.717, 1.165) is 45.1 Å². The zero-order valence-electron chi connectivity index (χ0n) is 23.8. The Hall–Kier alpha value is -5.28. The first kappa shape index (κ1) is 27.9. The first-order valence-electron chi connectivity index (χ1n) is 13.8. The molecule has 0 aliphatic heterocycles. The average molecular weight is 588 g/mol. The molecule has 0 bridgehead atoms. The van der Waals surface area contributed by atoms with Crippen LogP contribution in [0.4, 0.5) is 0 Å². The Kier molecular flexibility index (Phi) is 7.97. The quantitative estimate of drug-likeness (QED) is 0.183. The molecule has 3 heterocycles. The van der Waals surface area contributed by atoms with Crippen molar-refractivity contribution in [3.63, 3.8) is 0 Å². The zero-order chi connectivity index (χ0) is 29.8. The second-order valence-corrected chi connectivity index (χ2v) is 10.7. The number of hydrogen-bond acceptors (Lipinski definition) is 7. The molecule has 9 heteroatoms. The first-order chi connectivity index (χ1) is 21.0. The van der Waals surface area contributed by atoms with E-state index >= 15 is 0 Å². The van der Waals surface area contributed by atoms with Gasteiger partial charge >= 0.3 is 0 Å². The molecule has 0 saturated carbocycles. The fourth-order valence-corrected chi connectivity index (χ4v) is 5.51. The van der Waals surface area contributed by atoms with Gasteiger partial charge in [0.25, 0.3) is 5.56 Å². The summed E-state index contributed by atoms with van der Waals surface area (Å²) in [5, 5.41) is 9.36. The molecule has 3 aromatic heterocycles. The van der Waals surface area contributed by atoms with E-state index in [1.807, 2.05) is 104 Å². The van der Waals surface area contributed by atoms with Crippen molar-refractivity contribution >= 4 is 34.5 Å². The summed E-state index contributed by atoms with van der Waals surface area (Å²) in [6.45, 7) is 8.69. The predicted octanol–water partition coefficient (Wildman–Crippen LogP) is 5.99. The molecule has 6 aromatic rings. The molecule has 0 spiro atoms. The van der Waals surface area contributed by atoms with E-state index in [2.05, 4.69) is 22.7 Å². The smallest absolute Gasteiger partial charge is 0.291 e. The van der Waals surface area contributed by atoms with Crippen LogP contribution in [0.2, 0.25) is 0 Å². The summed E-state index contributed by atoms with van der Waals surface area (Å²) in [4.78, 5) is 18.5. The zero-order valence-corrected chi connectivity index (χ0v) is 24.6. The van der Waals surface area contributed by atoms with Crippen molar-refractivity contribution in [1.29, 1.82) is 0 Å². The largest absolute Gasteiger partial charge is 0.494 e. The van der Waals surface area contributed by atoms with Gasteiger partial charge in [0.1, 0.15) is 23.8 Å². The van der Waals surface area contributed by atoms with Crippen LogP contribution in [-0.2, 0) is 0 Å². The molecule has 3 aromatic carbocycles. The van der Waals surface area contributed by atoms with Crippen molar-refractivity contribution in [2.75, 3.05) is 13.2 Å². The van der Waals surface area contributed by atoms with Gasteiger partial charge in [-0.2, -0.15) is 14.6 Å². The van der Waals surface area contributed by atoms with Gasteiger partial charge in [-0.15, -0.1) is 5.10 Å². The van der Waals surface area contributed by atoms with Crippen molar-refractivity contribution in [2.45, 2.75) is 13.8 Å². The second-order valence-electron chi connectivity index (χ2n) is 9.71. The maximum atomic E-state index is 13.4. The molecule has 43 heavy (non-hydrogen) atoms. The number of hydrogen-bond donors (Lipinski definition) is 0. The maximum Gasteiger partial charge on any atom is 0.291 e. The Morgan fingerprint density at radius 2 is 1.79 bits per heavy atom. The average Bonchev–Trinajstić information content (AvgIpc) is 3.71. The van der Waals surface area contributed by atoms with Crippen LogP contribution in [-0.4, -0.2) is 37.6 Å². The number of para-hydroxylation sites is 1. The number of thiazole rings is 1. The molecule has 0 fully saturated rings. The van der Waals surface area contributed by atoms with Crippen LogP contribution < -0.4 is 19.6 Å². The molecule has 0 aliphatic rings. The minimum Gasteiger partial charge on any atom is -0.494 e. The molecule has 0 amide bonds. The summed E-state index contributed by atoms with van der Waals surface area (Å²) in [6, 6.07) is 23.6. The number of ether oxygens (including phenoxy) is 2. The van der Waals surface area contributed by atoms with Crippen LogP contribution in [0.3, 0.4) is 0 Å². The lowest BCUT2D eigenvalue weighted by Gasteiger charge is -2.08. The summed E-state index contributed by atoms with van der Waals surface area (Å²) in [6.07, 6.45) is 9.20. The van der Waals surface area contributed by atoms with Crippen LogP contribution >= 0.6 is 11.3 Å². The Morgan fingerprint density at radius 1 is 0.977 bits per heavy atom. The highest BCUT2D eigenvalue weighted by Crippen LogP contribution is 2.29. The Labute approximate surface area is 252 Å². The summed E-state index contributed by atoms with van der Waals surface area (Å²) >= 11 is 1.30. The molecule has 0 N–H and O–H groups in total. The van der Waals surface area contributed by atoms with Gasteiger partial charge in [-0.25, -0.2) is 4.68 Å². The second kappa shape index (κ2) is 12.3. The van der Waals surface area contributed by atoms with Crippen LogP contribution in [0.1, 0.15) is 29.4 Å². The molecular weight excluding hydrogens is 558 g/mol. The maximum absolute atomic E-state index is 13.4. The van der Waals surface area contributed by atoms with E-state index in [-0.39, 0.29) is 5.56 Å². The number of aryl methyl sites for hydroxylation is 1. The fraction of sp³-hybridized carbons (Fsp3) is 0.118. The number of aromatic nitrogens is 5. The van der Waals surface area contributed by atoms with Crippen LogP contribution in [0.5, 0.6) is 11.5 Å². The molecule has 0 atom stereocenters. The van der Waals surface area contributed by atoms with Crippen LogP contribution in [0.25, 0.3) is 40.1 Å². The van der Waals surface area contributed by atoms with E-state index in [1.165, 1.54) is 15.9 Å². The van der Waals surface area contributed by atoms with Gasteiger partial charge in [0.2, 0.25) is 4.96 Å². The highest BCUT2D eigenvalue weighted by atomic mass is 32.1. The van der Waals surface area contributed by atoms with E-state index in [9.17, 15) is 4.79 Å². The first-order valence-corrected chi connectivity index (χ1v) is 14.7. The third kappa shape index (κ3) is 6.02. The predicted molar refractivity (Wildman–Crippen MR) is 172 cm³/mol. The van der Waals surface area contributed by atoms with Gasteiger partial charge in [-0.05, 0) is 79.6 Å². The molecule has 0 saturated heterocycles. The minimum atomic E-state index is -0.225. The van der Waals surface area contributed by atoms with Gasteiger partial charge in [0, 0.05) is 17.3 Å². The third-order valence-electron chi connectivity index (χ3n) is 6.67. The highest BCUT2D eigenvalue weighted by molar-refractivity contribution is 7.15. The SMILES string of the molecule is C=CCOc1ccc(/C=C/c2nc3s/c(=C\c4cn(-c5ccccc5)nc4-c4ccc(OCC)c(C)c4)c(=O)n3n2)cc1. The highest BCUT2D eigenvalue weighted by Gasteiger charge is 2.15. The molecule has 0 aliphatic carbocycles. The topological polar surface area (TPSA) is 83.5 Å². The Bertz CT molecular complexity index is 2040. The van der Waals surface area contributed by atoms with Crippen molar-refractivity contribution in [1.82, 2.24) is 24.4 Å². The standard InChI is InChI=1S/C34H29N5O3S/c1-4-19-42-28-15-11-24(12-16-28)13-18-31-35-34-39(36-31)33(40)30(43-34)21-26-22-38(27-9-7-6-8-10-27)37-32(26)25-14-17-29(41-5-2)23(3)20-25/h4,6-18,20-22H,1,5,19H2,2-3H3/b18-13+,30-21-. The van der Waals surface area contributed by atoms with E-state index in [0.29, 0.717) is 28.5 Å². The number of rotatable bonds is 10. The van der Waals surface area contributed by atoms with Crippen LogP contribution in [0.15, 0.2) is 96.4 Å². The van der Waals surface area contributed by atoms with Gasteiger partial charge in [-0.3, -0.25) is 4.79 Å². The molecular formula is C34H29N5O3S. The van der Waals surface area contributed by atoms with E-state index in [1.54, 1.807) is 12.2 Å². The number of fused-ring (bicyclic) bond motifs is 1. The molecule has 0 unspecified atom stereocenters. The van der Waals surface area contributed by atoms with Gasteiger partial charge in [0.15, 0.2) is 5.82 Å². The minimum absolute atomic E-state index is 0.225. The van der Waals surface area contributed by atoms with Crippen molar-refractivity contribution < 1.29 is 9.47 Å². The lowest BCUT2D eigenvalue weighted by Crippen LogP contribution is -2.23. The van der Waals surface area contributed by atoms with Crippen molar-refractivity contribution in [3.8, 4) is 28.4 Å². The van der Waals surface area contributed by atoms with Crippen LogP contribution in [0, 0.1) is 6.92 Å². The van der Waals surface area contributed by atoms with Gasteiger partial charge in [-0.1, -0.05) is 60.4 Å². The lowest BCUT2D eigenvalue weighted by atomic mass is 10.0. The van der Waals surface area contributed by atoms with Crippen molar-refractivity contribution in [3.05, 3.63) is 129 Å². The molecule has 0 radical (unpaired) electrons. The fourth-order valence-electron chi connectivity index (χ4n) is 4.61. The van der Waals surface area contributed by atoms with E-state index in [4.69, 9.17) is 14.6 Å². The van der Waals surface area contributed by atoms with Crippen molar-refractivity contribution in [2.24, 2.45) is 0 Å². The summed E-state index contributed by atoms with van der Waals surface area (Å²) in [5.74, 6) is 2.07. The van der Waals surface area contributed by atoms with Gasteiger partial charge < -0.3 is 9.47 Å². The monoisotopic (exact) mass is 587 g/mol. The number of benzene rings is 3. The number of nitrogens with zero attached hydrogens (tertiary/aromatic N) is 5. The lowest BCUT2D eigenvalue weighted by molar-refractivity contribution is 0.338. The summed E-state index contributed by atoms with van der Waals surface area (Å²) in [7, 11) is 0. The van der Waals surface area contributed by atoms with Gasteiger partial charge in [0.05, 0.1) is 16.8 Å². The Balaban J connectivity index is 1.34.